The summed E-state index contributed by atoms with van der Waals surface area (Å²) in [6, 6.07) is 0. The Kier molecular flexibility index (Phi) is 4.92. The van der Waals surface area contributed by atoms with Crippen LogP contribution in [0.4, 0.5) is 0 Å². The molecule has 0 aromatic carbocycles. The van der Waals surface area contributed by atoms with E-state index in [0.29, 0.717) is 0 Å². The van der Waals surface area contributed by atoms with Crippen LogP contribution in [0.15, 0.2) is 0 Å². The molecule has 0 heterocycles. The molecular weight excluding hydrogens is 437 g/mol. The van der Waals surface area contributed by atoms with Crippen molar-refractivity contribution in [3.05, 3.63) is 0 Å². The van der Waals surface area contributed by atoms with Crippen molar-refractivity contribution in [2.45, 2.75) is 25.7 Å². The van der Waals surface area contributed by atoms with Crippen LogP contribution in [0.25, 0.3) is 0 Å². The van der Waals surface area contributed by atoms with Crippen LogP contribution in [0.2, 0.25) is 0 Å². The summed E-state index contributed by atoms with van der Waals surface area (Å²) in [7, 11) is 17.8. The zero-order chi connectivity index (χ0) is 10.7. The van der Waals surface area contributed by atoms with E-state index in [-0.39, 0.29) is 9.87 Å². The fourth-order valence-electron chi connectivity index (χ4n) is 0.303. The number of hydrogen-bond donors (Lipinski definition) is 2. The first-order valence-corrected chi connectivity index (χ1v) is 18.2. The van der Waals surface area contributed by atoms with E-state index in [9.17, 15) is 0 Å². The normalized spacial score (nSPS) is 21.7. The second kappa shape index (κ2) is 4.33. The van der Waals surface area contributed by atoms with Crippen LogP contribution in [0.3, 0.4) is 0 Å². The van der Waals surface area contributed by atoms with Gasteiger partial charge in [0.1, 0.15) is 0 Å². The Balaban J connectivity index is 0.000000293. The van der Waals surface area contributed by atoms with E-state index < -0.39 is 9.39 Å². The molecule has 2 nitrogen and oxygen atoms in total. The predicted octanol–water partition coefficient (Wildman–Crippen LogP) is 3.22. The molecule has 0 atom stereocenters. The minimum absolute atomic E-state index is 0.155. The van der Waals surface area contributed by atoms with E-state index in [1.165, 1.54) is 25.7 Å². The molecule has 88 valence electrons. The Bertz CT molecular complexity index is 158. The van der Waals surface area contributed by atoms with Crippen LogP contribution in [0.1, 0.15) is 25.7 Å². The molecule has 0 radical (unpaired) electrons. The molecule has 0 aliphatic heterocycles. The summed E-state index contributed by atoms with van der Waals surface area (Å²) in [6.45, 7) is 0. The van der Waals surface area contributed by atoms with Gasteiger partial charge in [0.2, 0.25) is 0 Å². The Hall–Kier alpha value is 1.77. The van der Waals surface area contributed by atoms with Gasteiger partial charge in [-0.05, 0) is 0 Å². The second-order valence-corrected chi connectivity index (χ2v) is 41.4. The Morgan fingerprint density at radius 3 is 1.00 bits per heavy atom. The quantitative estimate of drug-likeness (QED) is 0.675. The first kappa shape index (κ1) is 14.8. The van der Waals surface area contributed by atoms with Crippen molar-refractivity contribution in [1.29, 1.82) is 0 Å². The fourth-order valence-corrected chi connectivity index (χ4v) is 0.681. The van der Waals surface area contributed by atoms with Crippen molar-refractivity contribution in [3.8, 4) is 0 Å². The number of nitrogens with two attached hydrogens (primary N) is 2. The minimum atomic E-state index is -4.79. The Morgan fingerprint density at radius 1 is 0.769 bits per heavy atom. The summed E-state index contributed by atoms with van der Waals surface area (Å²) >= 11 is 0. The van der Waals surface area contributed by atoms with Crippen molar-refractivity contribution >= 4 is 37.7 Å². The molecule has 1 aliphatic carbocycles. The summed E-state index contributed by atoms with van der Waals surface area (Å²) in [5, 5.41) is 0. The molecule has 1 rings (SSSR count). The monoisotopic (exact) mass is 451 g/mol. The number of hydrogen-bond acceptors (Lipinski definition) is 2. The molecule has 0 spiro atoms. The van der Waals surface area contributed by atoms with Crippen molar-refractivity contribution in [2.24, 2.45) is 11.5 Å². The first-order valence-electron chi connectivity index (χ1n) is 3.74. The van der Waals surface area contributed by atoms with Gasteiger partial charge >= 0.3 is 68.4 Å². The van der Waals surface area contributed by atoms with Gasteiger partial charge in [-0.3, -0.25) is 0 Å². The van der Waals surface area contributed by atoms with Gasteiger partial charge in [-0.15, -0.1) is 0 Å². The van der Waals surface area contributed by atoms with E-state index in [0.717, 1.165) is 0 Å². The summed E-state index contributed by atoms with van der Waals surface area (Å²) in [4.78, 5) is -0.309. The molecule has 7 heteroatoms. The van der Waals surface area contributed by atoms with Gasteiger partial charge < -0.3 is 0 Å². The van der Waals surface area contributed by atoms with E-state index in [1.54, 1.807) is 0 Å². The summed E-state index contributed by atoms with van der Waals surface area (Å²) in [5.41, 5.74) is 10.3. The third kappa shape index (κ3) is 7.67. The number of rotatable bonds is 2. The topological polar surface area (TPSA) is 52.0 Å². The molecule has 13 heavy (non-hydrogen) atoms. The van der Waals surface area contributed by atoms with Crippen LogP contribution in [0, 0.1) is 0 Å². The molecule has 0 unspecified atom stereocenters. The van der Waals surface area contributed by atoms with Crippen LogP contribution in [-0.2, 0) is 9.39 Å². The number of halogens is 4. The van der Waals surface area contributed by atoms with Gasteiger partial charge in [-0.2, -0.15) is 0 Å². The third-order valence-electron chi connectivity index (χ3n) is 1.57. The van der Waals surface area contributed by atoms with E-state index in [1.807, 2.05) is 0 Å². The maximum absolute atomic E-state index is 5.65. The molecule has 1 saturated carbocycles. The van der Waals surface area contributed by atoms with Crippen LogP contribution < -0.4 is 11.5 Å². The Morgan fingerprint density at radius 2 is 1.00 bits per heavy atom. The third-order valence-corrected chi connectivity index (χ3v) is 12.1. The van der Waals surface area contributed by atoms with Gasteiger partial charge in [0.05, 0.1) is 0 Å². The SMILES string of the molecule is C1CCC1.N[CH2][Pt]([Cl])([Cl])([Cl])([Cl])[CH2]N. The van der Waals surface area contributed by atoms with Crippen molar-refractivity contribution < 1.29 is 9.39 Å². The average molecular weight is 453 g/mol. The van der Waals surface area contributed by atoms with E-state index in [4.69, 9.17) is 49.1 Å². The predicted molar refractivity (Wildman–Crippen MR) is 60.0 cm³/mol. The molecule has 0 bridgehead atoms. The van der Waals surface area contributed by atoms with E-state index >= 15 is 0 Å². The zero-order valence-electron chi connectivity index (χ0n) is 7.23. The molecule has 1 aliphatic rings. The van der Waals surface area contributed by atoms with Crippen LogP contribution >= 0.6 is 37.7 Å². The summed E-state index contributed by atoms with van der Waals surface area (Å²) < 4.78 is 0. The molecule has 0 amide bonds. The van der Waals surface area contributed by atoms with Gasteiger partial charge in [0.25, 0.3) is 0 Å². The van der Waals surface area contributed by atoms with Crippen LogP contribution in [-0.4, -0.2) is 9.87 Å². The first-order chi connectivity index (χ1) is 5.62. The average Bonchev–Trinajstić information content (AvgIpc) is 1.84. The molecule has 0 aromatic rings. The standard InChI is InChI=1S/C4H8.2CH4N.4ClH.Pt/c1-2-4-3-1;2*1-2;;;;;/h1-4H2;2*1-2H2;4*1H;/q;;;;;;;+4/p-4. The molecule has 1 fully saturated rings. The van der Waals surface area contributed by atoms with Crippen molar-refractivity contribution in [2.75, 3.05) is 9.87 Å². The molecule has 4 N–H and O–H groups in total. The maximum atomic E-state index is 5.65. The van der Waals surface area contributed by atoms with Crippen LogP contribution in [0.5, 0.6) is 0 Å². The second-order valence-electron chi connectivity index (χ2n) is 2.78. The molecule has 0 aromatic heterocycles. The summed E-state index contributed by atoms with van der Waals surface area (Å²) in [6.07, 6.45) is 6.00. The Labute approximate surface area is 93.4 Å². The van der Waals surface area contributed by atoms with E-state index in [2.05, 4.69) is 0 Å². The van der Waals surface area contributed by atoms with Gasteiger partial charge in [0.15, 0.2) is 0 Å². The van der Waals surface area contributed by atoms with Gasteiger partial charge in [-0.25, -0.2) is 0 Å². The fraction of sp³-hybridized carbons (Fsp3) is 1.00. The summed E-state index contributed by atoms with van der Waals surface area (Å²) in [5.74, 6) is 0. The molecule has 0 saturated heterocycles. The van der Waals surface area contributed by atoms with Crippen molar-refractivity contribution in [3.63, 3.8) is 0 Å². The molecular formula is C6H16Cl4N2Pt. The van der Waals surface area contributed by atoms with Crippen molar-refractivity contribution in [1.82, 2.24) is 0 Å². The van der Waals surface area contributed by atoms with Gasteiger partial charge in [-0.1, -0.05) is 25.7 Å². The zero-order valence-corrected chi connectivity index (χ0v) is 12.5. The van der Waals surface area contributed by atoms with Gasteiger partial charge in [0, 0.05) is 0 Å².